The van der Waals surface area contributed by atoms with Crippen molar-refractivity contribution in [3.8, 4) is 0 Å². The number of aryl methyl sites for hydroxylation is 1. The molecule has 1 aliphatic heterocycles. The van der Waals surface area contributed by atoms with Gasteiger partial charge in [-0.3, -0.25) is 0 Å². The molecule has 1 aromatic heterocycles. The molecule has 2 heterocycles. The average molecular weight is 213 g/mol. The molecule has 1 saturated heterocycles. The zero-order chi connectivity index (χ0) is 10.8. The summed E-state index contributed by atoms with van der Waals surface area (Å²) in [5.74, 6) is -0.546. The second kappa shape index (κ2) is 4.00. The van der Waals surface area contributed by atoms with Crippen molar-refractivity contribution in [1.29, 1.82) is 0 Å². The minimum atomic E-state index is -1.10. The predicted molar refractivity (Wildman–Crippen MR) is 47.7 cm³/mol. The van der Waals surface area contributed by atoms with Crippen LogP contribution >= 0.6 is 0 Å². The number of oxazole rings is 1. The van der Waals surface area contributed by atoms with Crippen LogP contribution in [0.15, 0.2) is 4.42 Å². The lowest BCUT2D eigenvalue weighted by atomic mass is 10.3. The van der Waals surface area contributed by atoms with Crippen molar-refractivity contribution < 1.29 is 23.8 Å². The van der Waals surface area contributed by atoms with E-state index in [9.17, 15) is 4.79 Å². The molecule has 82 valence electrons. The Morgan fingerprint density at radius 2 is 2.33 bits per heavy atom. The number of aromatic nitrogens is 1. The van der Waals surface area contributed by atoms with Crippen molar-refractivity contribution in [1.82, 2.24) is 4.98 Å². The molecule has 0 aliphatic carbocycles. The Morgan fingerprint density at radius 1 is 1.53 bits per heavy atom. The van der Waals surface area contributed by atoms with E-state index in [1.165, 1.54) is 0 Å². The Hall–Kier alpha value is -1.40. The van der Waals surface area contributed by atoms with Crippen molar-refractivity contribution in [3.05, 3.63) is 17.3 Å². The highest BCUT2D eigenvalue weighted by molar-refractivity contribution is 5.86. The van der Waals surface area contributed by atoms with Gasteiger partial charge >= 0.3 is 5.97 Å². The maximum atomic E-state index is 10.7. The average Bonchev–Trinajstić information content (AvgIpc) is 2.62. The first-order valence-corrected chi connectivity index (χ1v) is 4.58. The third-order valence-corrected chi connectivity index (χ3v) is 2.11. The highest BCUT2D eigenvalue weighted by Crippen LogP contribution is 2.22. The topological polar surface area (TPSA) is 81.8 Å². The van der Waals surface area contributed by atoms with Gasteiger partial charge in [0.25, 0.3) is 0 Å². The van der Waals surface area contributed by atoms with E-state index in [2.05, 4.69) is 4.98 Å². The maximum Gasteiger partial charge on any atom is 0.358 e. The van der Waals surface area contributed by atoms with Crippen LogP contribution in [0.2, 0.25) is 0 Å². The molecule has 1 N–H and O–H groups in total. The molecule has 6 nitrogen and oxygen atoms in total. The number of aromatic carboxylic acids is 1. The van der Waals surface area contributed by atoms with E-state index in [-0.39, 0.29) is 17.3 Å². The SMILES string of the molecule is Cc1oc(C2COCCO2)nc1C(=O)O. The molecule has 0 radical (unpaired) electrons. The molecule has 0 amide bonds. The summed E-state index contributed by atoms with van der Waals surface area (Å²) in [6, 6.07) is 0. The highest BCUT2D eigenvalue weighted by Gasteiger charge is 2.25. The van der Waals surface area contributed by atoms with Crippen molar-refractivity contribution in [2.45, 2.75) is 13.0 Å². The van der Waals surface area contributed by atoms with E-state index in [1.807, 2.05) is 0 Å². The number of carbonyl (C=O) groups is 1. The summed E-state index contributed by atoms with van der Waals surface area (Å²) in [6.45, 7) is 2.92. The van der Waals surface area contributed by atoms with Crippen LogP contribution in [0.5, 0.6) is 0 Å². The van der Waals surface area contributed by atoms with Crippen LogP contribution in [0.3, 0.4) is 0 Å². The van der Waals surface area contributed by atoms with E-state index in [4.69, 9.17) is 19.0 Å². The Morgan fingerprint density at radius 3 is 2.87 bits per heavy atom. The molecule has 0 saturated carbocycles. The zero-order valence-corrected chi connectivity index (χ0v) is 8.23. The zero-order valence-electron chi connectivity index (χ0n) is 8.23. The first-order chi connectivity index (χ1) is 7.18. The number of hydrogen-bond donors (Lipinski definition) is 1. The van der Waals surface area contributed by atoms with Gasteiger partial charge in [0.05, 0.1) is 19.8 Å². The van der Waals surface area contributed by atoms with Gasteiger partial charge in [-0.2, -0.15) is 0 Å². The summed E-state index contributed by atoms with van der Waals surface area (Å²) in [5, 5.41) is 8.78. The van der Waals surface area contributed by atoms with Crippen LogP contribution < -0.4 is 0 Å². The number of hydrogen-bond acceptors (Lipinski definition) is 5. The minimum Gasteiger partial charge on any atom is -0.476 e. The summed E-state index contributed by atoms with van der Waals surface area (Å²) in [4.78, 5) is 14.6. The van der Waals surface area contributed by atoms with Gasteiger partial charge in [0.15, 0.2) is 11.8 Å². The monoisotopic (exact) mass is 213 g/mol. The number of nitrogens with zero attached hydrogens (tertiary/aromatic N) is 1. The molecule has 1 unspecified atom stereocenters. The van der Waals surface area contributed by atoms with E-state index in [0.29, 0.717) is 19.8 Å². The van der Waals surface area contributed by atoms with Crippen LogP contribution in [-0.4, -0.2) is 35.9 Å². The van der Waals surface area contributed by atoms with Crippen molar-refractivity contribution in [2.75, 3.05) is 19.8 Å². The Kier molecular flexibility index (Phi) is 2.70. The lowest BCUT2D eigenvalue weighted by Crippen LogP contribution is -2.22. The Labute approximate surface area is 85.8 Å². The van der Waals surface area contributed by atoms with Gasteiger partial charge in [-0.05, 0) is 6.92 Å². The van der Waals surface area contributed by atoms with Crippen LogP contribution in [0, 0.1) is 6.92 Å². The van der Waals surface area contributed by atoms with Crippen LogP contribution in [0.1, 0.15) is 28.2 Å². The van der Waals surface area contributed by atoms with Crippen molar-refractivity contribution >= 4 is 5.97 Å². The van der Waals surface area contributed by atoms with E-state index < -0.39 is 12.1 Å². The third kappa shape index (κ3) is 2.00. The number of rotatable bonds is 2. The van der Waals surface area contributed by atoms with E-state index in [1.54, 1.807) is 6.92 Å². The molecule has 2 rings (SSSR count). The number of ether oxygens (including phenoxy) is 2. The molecule has 6 heteroatoms. The summed E-state index contributed by atoms with van der Waals surface area (Å²) in [6.07, 6.45) is -0.398. The smallest absolute Gasteiger partial charge is 0.358 e. The molecule has 1 aromatic rings. The van der Waals surface area contributed by atoms with Crippen molar-refractivity contribution in [3.63, 3.8) is 0 Å². The summed E-state index contributed by atoms with van der Waals surface area (Å²) >= 11 is 0. The molecule has 15 heavy (non-hydrogen) atoms. The molecule has 0 aromatic carbocycles. The lowest BCUT2D eigenvalue weighted by molar-refractivity contribution is -0.0997. The minimum absolute atomic E-state index is 0.0702. The van der Waals surface area contributed by atoms with Gasteiger partial charge in [0, 0.05) is 0 Å². The van der Waals surface area contributed by atoms with Gasteiger partial charge in [0.2, 0.25) is 5.89 Å². The first-order valence-electron chi connectivity index (χ1n) is 4.58. The second-order valence-corrected chi connectivity index (χ2v) is 3.20. The van der Waals surface area contributed by atoms with Crippen molar-refractivity contribution in [2.24, 2.45) is 0 Å². The van der Waals surface area contributed by atoms with Gasteiger partial charge < -0.3 is 19.0 Å². The van der Waals surface area contributed by atoms with Gasteiger partial charge in [0.1, 0.15) is 5.76 Å². The van der Waals surface area contributed by atoms with E-state index in [0.717, 1.165) is 0 Å². The molecule has 1 aliphatic rings. The van der Waals surface area contributed by atoms with Crippen LogP contribution in [0.4, 0.5) is 0 Å². The van der Waals surface area contributed by atoms with Gasteiger partial charge in [-0.25, -0.2) is 9.78 Å². The quantitative estimate of drug-likeness (QED) is 0.781. The maximum absolute atomic E-state index is 10.7. The number of carboxylic acids is 1. The lowest BCUT2D eigenvalue weighted by Gasteiger charge is -2.19. The molecular formula is C9H11NO5. The second-order valence-electron chi connectivity index (χ2n) is 3.20. The molecule has 1 fully saturated rings. The Bertz CT molecular complexity index is 367. The highest BCUT2D eigenvalue weighted by atomic mass is 16.6. The summed E-state index contributed by atoms with van der Waals surface area (Å²) in [5.41, 5.74) is -0.0702. The van der Waals surface area contributed by atoms with Crippen LogP contribution in [0.25, 0.3) is 0 Å². The van der Waals surface area contributed by atoms with Crippen LogP contribution in [-0.2, 0) is 9.47 Å². The summed E-state index contributed by atoms with van der Waals surface area (Å²) < 4.78 is 15.7. The predicted octanol–water partition coefficient (Wildman–Crippen LogP) is 0.769. The largest absolute Gasteiger partial charge is 0.476 e. The fraction of sp³-hybridized carbons (Fsp3) is 0.556. The fourth-order valence-corrected chi connectivity index (χ4v) is 1.38. The fourth-order valence-electron chi connectivity index (χ4n) is 1.38. The third-order valence-electron chi connectivity index (χ3n) is 2.11. The molecule has 0 spiro atoms. The number of carboxylic acid groups (broad SMARTS) is 1. The van der Waals surface area contributed by atoms with E-state index >= 15 is 0 Å². The standard InChI is InChI=1S/C9H11NO5/c1-5-7(9(11)12)10-8(15-5)6-4-13-2-3-14-6/h6H,2-4H2,1H3,(H,11,12). The molecular weight excluding hydrogens is 202 g/mol. The normalized spacial score (nSPS) is 21.5. The van der Waals surface area contributed by atoms with Gasteiger partial charge in [-0.1, -0.05) is 0 Å². The summed E-state index contributed by atoms with van der Waals surface area (Å²) in [7, 11) is 0. The molecule has 0 bridgehead atoms. The Balaban J connectivity index is 2.21. The van der Waals surface area contributed by atoms with Gasteiger partial charge in [-0.15, -0.1) is 0 Å². The first kappa shape index (κ1) is 10.1. The molecule has 1 atom stereocenters.